The molecule has 0 saturated heterocycles. The molecule has 1 nitrogen and oxygen atoms in total. The van der Waals surface area contributed by atoms with Crippen molar-refractivity contribution in [3.63, 3.8) is 0 Å². The Morgan fingerprint density at radius 3 is 1.75 bits per heavy atom. The summed E-state index contributed by atoms with van der Waals surface area (Å²) in [5, 5.41) is 8.82. The molecule has 1 N–H and O–H groups in total. The van der Waals surface area contributed by atoms with Gasteiger partial charge in [0, 0.05) is 11.4 Å². The van der Waals surface area contributed by atoms with Crippen molar-refractivity contribution in [1.29, 1.82) is 0 Å². The van der Waals surface area contributed by atoms with E-state index >= 15 is 0 Å². The number of fused-ring (bicyclic) bond motifs is 6. The zero-order valence-corrected chi connectivity index (χ0v) is 22.0. The van der Waals surface area contributed by atoms with Crippen LogP contribution in [0, 0.1) is 0 Å². The number of hydrogen-bond donors (Lipinski definition) is 1. The van der Waals surface area contributed by atoms with Crippen LogP contribution in [0.1, 0.15) is 22.3 Å². The fraction of sp³-hybridized carbons (Fsp3) is 0.0256. The van der Waals surface area contributed by atoms with Gasteiger partial charge in [0.05, 0.1) is 5.41 Å². The summed E-state index contributed by atoms with van der Waals surface area (Å²) in [6.45, 7) is 0. The van der Waals surface area contributed by atoms with Crippen LogP contribution >= 0.6 is 0 Å². The van der Waals surface area contributed by atoms with Crippen LogP contribution in [0.5, 0.6) is 0 Å². The van der Waals surface area contributed by atoms with Crippen LogP contribution < -0.4 is 5.32 Å². The number of benzene rings is 7. The number of rotatable bonds is 4. The Morgan fingerprint density at radius 1 is 0.375 bits per heavy atom. The number of nitrogens with one attached hydrogen (secondary N) is 1. The molecule has 1 heteroatoms. The minimum atomic E-state index is -0.394. The summed E-state index contributed by atoms with van der Waals surface area (Å²) < 4.78 is 0. The van der Waals surface area contributed by atoms with E-state index in [9.17, 15) is 0 Å². The molecule has 0 heterocycles. The molecule has 7 aromatic carbocycles. The Bertz CT molecular complexity index is 1980. The van der Waals surface area contributed by atoms with Gasteiger partial charge in [-0.1, -0.05) is 133 Å². The first kappa shape index (κ1) is 22.8. The lowest BCUT2D eigenvalue weighted by atomic mass is 9.67. The monoisotopic (exact) mass is 509 g/mol. The van der Waals surface area contributed by atoms with Crippen molar-refractivity contribution in [2.24, 2.45) is 0 Å². The first-order valence-corrected chi connectivity index (χ1v) is 13.9. The Kier molecular flexibility index (Phi) is 5.11. The number of hydrogen-bond acceptors (Lipinski definition) is 1. The lowest BCUT2D eigenvalue weighted by Gasteiger charge is -2.34. The van der Waals surface area contributed by atoms with Crippen molar-refractivity contribution in [1.82, 2.24) is 0 Å². The zero-order chi connectivity index (χ0) is 26.5. The van der Waals surface area contributed by atoms with E-state index in [4.69, 9.17) is 0 Å². The second-order valence-corrected chi connectivity index (χ2v) is 10.6. The van der Waals surface area contributed by atoms with Crippen molar-refractivity contribution in [3.05, 3.63) is 180 Å². The Morgan fingerprint density at radius 2 is 0.950 bits per heavy atom. The van der Waals surface area contributed by atoms with Gasteiger partial charge >= 0.3 is 0 Å². The second-order valence-electron chi connectivity index (χ2n) is 10.6. The summed E-state index contributed by atoms with van der Waals surface area (Å²) in [5.74, 6) is 0. The van der Waals surface area contributed by atoms with E-state index in [1.54, 1.807) is 0 Å². The van der Waals surface area contributed by atoms with Gasteiger partial charge in [0.25, 0.3) is 0 Å². The first-order chi connectivity index (χ1) is 19.8. The predicted octanol–water partition coefficient (Wildman–Crippen LogP) is 10.1. The molecule has 7 aromatic rings. The van der Waals surface area contributed by atoms with Crippen LogP contribution in [0.3, 0.4) is 0 Å². The quantitative estimate of drug-likeness (QED) is 0.233. The summed E-state index contributed by atoms with van der Waals surface area (Å²) >= 11 is 0. The Hall–Kier alpha value is -5.14. The van der Waals surface area contributed by atoms with Gasteiger partial charge < -0.3 is 5.32 Å². The normalized spacial score (nSPS) is 13.2. The predicted molar refractivity (Wildman–Crippen MR) is 168 cm³/mol. The molecule has 40 heavy (non-hydrogen) atoms. The molecule has 0 saturated carbocycles. The third-order valence-electron chi connectivity index (χ3n) is 8.49. The molecule has 188 valence electrons. The van der Waals surface area contributed by atoms with Crippen LogP contribution in [-0.4, -0.2) is 0 Å². The number of anilines is 2. The molecule has 0 unspecified atom stereocenters. The highest BCUT2D eigenvalue weighted by molar-refractivity contribution is 6.08. The third-order valence-corrected chi connectivity index (χ3v) is 8.49. The molecule has 0 aliphatic heterocycles. The van der Waals surface area contributed by atoms with Gasteiger partial charge in [0.15, 0.2) is 0 Å². The molecular formula is C39H27N. The molecule has 1 aliphatic rings. The van der Waals surface area contributed by atoms with Crippen molar-refractivity contribution < 1.29 is 0 Å². The average Bonchev–Trinajstić information content (AvgIpc) is 3.32. The minimum Gasteiger partial charge on any atom is -0.355 e. The van der Waals surface area contributed by atoms with Crippen LogP contribution in [0.15, 0.2) is 158 Å². The molecule has 8 rings (SSSR count). The van der Waals surface area contributed by atoms with Gasteiger partial charge in [-0.3, -0.25) is 0 Å². The van der Waals surface area contributed by atoms with Gasteiger partial charge in [0.1, 0.15) is 0 Å². The fourth-order valence-corrected chi connectivity index (χ4v) is 6.78. The zero-order valence-electron chi connectivity index (χ0n) is 22.0. The summed E-state index contributed by atoms with van der Waals surface area (Å²) in [4.78, 5) is 0. The highest BCUT2D eigenvalue weighted by Gasteiger charge is 2.45. The van der Waals surface area contributed by atoms with Crippen molar-refractivity contribution in [2.45, 2.75) is 5.41 Å². The molecular weight excluding hydrogens is 482 g/mol. The molecule has 0 aromatic heterocycles. The van der Waals surface area contributed by atoms with Gasteiger partial charge in [-0.2, -0.15) is 0 Å². The highest BCUT2D eigenvalue weighted by atomic mass is 14.9. The highest BCUT2D eigenvalue weighted by Crippen LogP contribution is 2.56. The van der Waals surface area contributed by atoms with E-state index in [0.29, 0.717) is 0 Å². The van der Waals surface area contributed by atoms with Crippen LogP contribution in [0.2, 0.25) is 0 Å². The molecule has 0 spiro atoms. The van der Waals surface area contributed by atoms with Crippen LogP contribution in [0.25, 0.3) is 32.7 Å². The Labute approximate surface area is 234 Å². The van der Waals surface area contributed by atoms with Gasteiger partial charge in [-0.15, -0.1) is 0 Å². The molecule has 0 radical (unpaired) electrons. The second kappa shape index (κ2) is 8.97. The van der Waals surface area contributed by atoms with Crippen LogP contribution in [-0.2, 0) is 5.41 Å². The van der Waals surface area contributed by atoms with E-state index < -0.39 is 5.41 Å². The molecule has 0 bridgehead atoms. The maximum absolute atomic E-state index is 3.74. The first-order valence-electron chi connectivity index (χ1n) is 13.9. The van der Waals surface area contributed by atoms with E-state index in [-0.39, 0.29) is 0 Å². The summed E-state index contributed by atoms with van der Waals surface area (Å²) in [5.41, 5.74) is 9.57. The smallest absolute Gasteiger partial charge is 0.0714 e. The van der Waals surface area contributed by atoms with E-state index in [1.807, 2.05) is 0 Å². The van der Waals surface area contributed by atoms with Gasteiger partial charge in [0.2, 0.25) is 0 Å². The molecule has 0 amide bonds. The summed E-state index contributed by atoms with van der Waals surface area (Å²) in [6, 6.07) is 57.4. The average molecular weight is 510 g/mol. The van der Waals surface area contributed by atoms with Gasteiger partial charge in [-0.05, 0) is 79.2 Å². The summed E-state index contributed by atoms with van der Waals surface area (Å²) in [7, 11) is 0. The maximum Gasteiger partial charge on any atom is 0.0714 e. The van der Waals surface area contributed by atoms with Gasteiger partial charge in [-0.25, -0.2) is 0 Å². The fourth-order valence-electron chi connectivity index (χ4n) is 6.78. The van der Waals surface area contributed by atoms with E-state index in [0.717, 1.165) is 11.4 Å². The molecule has 0 atom stereocenters. The Balaban J connectivity index is 1.30. The van der Waals surface area contributed by atoms with E-state index in [1.165, 1.54) is 54.9 Å². The summed E-state index contributed by atoms with van der Waals surface area (Å²) in [6.07, 6.45) is 0. The SMILES string of the molecule is c1ccc(C2(c3ccccc3)c3ccccc3-c3ccc(Nc4ccc5c(ccc6ccccc65)c4)cc32)cc1. The maximum atomic E-state index is 3.74. The van der Waals surface area contributed by atoms with Crippen molar-refractivity contribution in [2.75, 3.05) is 5.32 Å². The molecule has 1 aliphatic carbocycles. The molecule has 0 fully saturated rings. The largest absolute Gasteiger partial charge is 0.355 e. The van der Waals surface area contributed by atoms with Crippen molar-refractivity contribution >= 4 is 32.9 Å². The third kappa shape index (κ3) is 3.34. The van der Waals surface area contributed by atoms with E-state index in [2.05, 4.69) is 163 Å². The minimum absolute atomic E-state index is 0.394. The lowest BCUT2D eigenvalue weighted by Crippen LogP contribution is -2.28. The topological polar surface area (TPSA) is 12.0 Å². The lowest BCUT2D eigenvalue weighted by molar-refractivity contribution is 0.769. The van der Waals surface area contributed by atoms with Crippen molar-refractivity contribution in [3.8, 4) is 11.1 Å². The standard InChI is InChI=1S/C39H27N/c1-3-12-29(13-4-1)39(30-14-5-2-6-15-30)37-18-10-9-17-35(37)36-24-22-32(26-38(36)39)40-31-21-23-34-28(25-31)20-19-27-11-7-8-16-33(27)34/h1-26,40H. The van der Waals surface area contributed by atoms with Crippen LogP contribution in [0.4, 0.5) is 11.4 Å².